The second kappa shape index (κ2) is 8.13. The van der Waals surface area contributed by atoms with E-state index in [0.29, 0.717) is 18.0 Å². The first-order chi connectivity index (χ1) is 8.60. The monoisotopic (exact) mass is 255 g/mol. The lowest BCUT2D eigenvalue weighted by Gasteiger charge is -2.40. The van der Waals surface area contributed by atoms with Crippen molar-refractivity contribution in [1.82, 2.24) is 9.80 Å². The van der Waals surface area contributed by atoms with Crippen molar-refractivity contribution in [3.63, 3.8) is 0 Å². The quantitative estimate of drug-likeness (QED) is 0.738. The summed E-state index contributed by atoms with van der Waals surface area (Å²) in [6, 6.07) is 1.33. The first-order valence-corrected chi connectivity index (χ1v) is 7.70. The molecule has 0 aromatic rings. The summed E-state index contributed by atoms with van der Waals surface area (Å²) in [4.78, 5) is 4.99. The Labute approximate surface area is 114 Å². The van der Waals surface area contributed by atoms with E-state index in [2.05, 4.69) is 37.7 Å². The normalized spacial score (nSPS) is 27.5. The van der Waals surface area contributed by atoms with Crippen molar-refractivity contribution in [2.24, 2.45) is 11.7 Å². The zero-order valence-electron chi connectivity index (χ0n) is 12.9. The van der Waals surface area contributed by atoms with Gasteiger partial charge in [-0.15, -0.1) is 0 Å². The zero-order chi connectivity index (χ0) is 13.5. The van der Waals surface area contributed by atoms with Crippen LogP contribution in [0.4, 0.5) is 0 Å². The van der Waals surface area contributed by atoms with E-state index in [1.54, 1.807) is 0 Å². The predicted molar refractivity (Wildman–Crippen MR) is 79.8 cm³/mol. The molecule has 0 spiro atoms. The third-order valence-corrected chi connectivity index (χ3v) is 4.41. The molecule has 0 aliphatic heterocycles. The molecule has 0 aromatic carbocycles. The average molecular weight is 255 g/mol. The molecule has 108 valence electrons. The fraction of sp³-hybridized carbons (Fsp3) is 1.00. The predicted octanol–water partition coefficient (Wildman–Crippen LogP) is 2.17. The molecule has 1 aliphatic rings. The Morgan fingerprint density at radius 3 is 2.39 bits per heavy atom. The number of nitrogens with zero attached hydrogens (tertiary/aromatic N) is 2. The molecule has 1 aliphatic carbocycles. The summed E-state index contributed by atoms with van der Waals surface area (Å²) in [6.07, 6.45) is 6.82. The van der Waals surface area contributed by atoms with Gasteiger partial charge in [-0.3, -0.25) is 4.90 Å². The van der Waals surface area contributed by atoms with E-state index in [1.165, 1.54) is 32.1 Å². The van der Waals surface area contributed by atoms with Gasteiger partial charge in [0, 0.05) is 18.6 Å². The molecule has 0 saturated heterocycles. The Kier molecular flexibility index (Phi) is 7.20. The van der Waals surface area contributed by atoms with E-state index >= 15 is 0 Å². The Morgan fingerprint density at radius 1 is 1.17 bits per heavy atom. The van der Waals surface area contributed by atoms with Gasteiger partial charge in [-0.25, -0.2) is 0 Å². The summed E-state index contributed by atoms with van der Waals surface area (Å²) in [5.41, 5.74) is 6.02. The molecule has 3 nitrogen and oxygen atoms in total. The minimum atomic E-state index is 0.627. The third-order valence-electron chi connectivity index (χ3n) is 4.41. The first-order valence-electron chi connectivity index (χ1n) is 7.70. The molecule has 3 unspecified atom stereocenters. The van der Waals surface area contributed by atoms with Crippen LogP contribution in [-0.2, 0) is 0 Å². The highest BCUT2D eigenvalue weighted by Gasteiger charge is 2.29. The van der Waals surface area contributed by atoms with E-state index in [9.17, 15) is 0 Å². The smallest absolute Gasteiger partial charge is 0.0197 e. The highest BCUT2D eigenvalue weighted by Crippen LogP contribution is 2.28. The molecular weight excluding hydrogens is 222 g/mol. The van der Waals surface area contributed by atoms with Gasteiger partial charge in [0.1, 0.15) is 0 Å². The van der Waals surface area contributed by atoms with Crippen LogP contribution in [0.15, 0.2) is 0 Å². The zero-order valence-corrected chi connectivity index (χ0v) is 12.9. The van der Waals surface area contributed by atoms with Crippen LogP contribution in [-0.4, -0.2) is 55.6 Å². The van der Waals surface area contributed by atoms with Crippen LogP contribution < -0.4 is 5.73 Å². The number of nitrogens with two attached hydrogens (primary N) is 1. The summed E-state index contributed by atoms with van der Waals surface area (Å²) in [5, 5.41) is 0. The molecule has 1 fully saturated rings. The number of hydrogen-bond donors (Lipinski definition) is 1. The molecule has 0 aromatic heterocycles. The van der Waals surface area contributed by atoms with Gasteiger partial charge in [-0.2, -0.15) is 0 Å². The molecule has 0 bridgehead atoms. The molecule has 1 rings (SSSR count). The minimum Gasteiger partial charge on any atom is -0.330 e. The van der Waals surface area contributed by atoms with Crippen molar-refractivity contribution in [2.45, 2.75) is 58.0 Å². The van der Waals surface area contributed by atoms with Crippen LogP contribution in [0.25, 0.3) is 0 Å². The number of rotatable bonds is 6. The molecule has 0 radical (unpaired) electrons. The van der Waals surface area contributed by atoms with Crippen LogP contribution in [0.3, 0.4) is 0 Å². The van der Waals surface area contributed by atoms with E-state index in [1.807, 2.05) is 0 Å². The van der Waals surface area contributed by atoms with Crippen LogP contribution >= 0.6 is 0 Å². The average Bonchev–Trinajstić information content (AvgIpc) is 2.54. The molecule has 1 saturated carbocycles. The first kappa shape index (κ1) is 15.9. The fourth-order valence-electron chi connectivity index (χ4n) is 3.58. The fourth-order valence-corrected chi connectivity index (χ4v) is 3.58. The van der Waals surface area contributed by atoms with Crippen LogP contribution in [0.2, 0.25) is 0 Å². The van der Waals surface area contributed by atoms with Crippen molar-refractivity contribution >= 4 is 0 Å². The van der Waals surface area contributed by atoms with Gasteiger partial charge in [-0.05, 0) is 52.9 Å². The topological polar surface area (TPSA) is 32.5 Å². The molecule has 3 atom stereocenters. The van der Waals surface area contributed by atoms with E-state index < -0.39 is 0 Å². The maximum absolute atomic E-state index is 6.02. The van der Waals surface area contributed by atoms with Gasteiger partial charge < -0.3 is 10.6 Å². The van der Waals surface area contributed by atoms with E-state index in [0.717, 1.165) is 19.6 Å². The van der Waals surface area contributed by atoms with Crippen molar-refractivity contribution in [2.75, 3.05) is 33.7 Å². The van der Waals surface area contributed by atoms with Crippen molar-refractivity contribution in [3.8, 4) is 0 Å². The van der Waals surface area contributed by atoms with Gasteiger partial charge in [0.2, 0.25) is 0 Å². The maximum atomic E-state index is 6.02. The summed E-state index contributed by atoms with van der Waals surface area (Å²) >= 11 is 0. The summed E-state index contributed by atoms with van der Waals surface area (Å²) in [5.74, 6) is 0.706. The second-order valence-electron chi connectivity index (χ2n) is 6.14. The lowest BCUT2D eigenvalue weighted by molar-refractivity contribution is 0.0858. The molecule has 2 N–H and O–H groups in total. The standard InChI is InChI=1S/C15H33N3/c1-5-18(13(2)12-17(3)4)15-10-8-6-7-9-14(15)11-16/h13-15H,5-12,16H2,1-4H3. The van der Waals surface area contributed by atoms with E-state index in [-0.39, 0.29) is 0 Å². The number of hydrogen-bond acceptors (Lipinski definition) is 3. The van der Waals surface area contributed by atoms with Crippen LogP contribution in [0.1, 0.15) is 46.0 Å². The highest BCUT2D eigenvalue weighted by molar-refractivity contribution is 4.85. The Balaban J connectivity index is 2.69. The van der Waals surface area contributed by atoms with Gasteiger partial charge in [0.15, 0.2) is 0 Å². The lowest BCUT2D eigenvalue weighted by atomic mass is 9.92. The molecule has 18 heavy (non-hydrogen) atoms. The van der Waals surface area contributed by atoms with Crippen LogP contribution in [0.5, 0.6) is 0 Å². The summed E-state index contributed by atoms with van der Waals surface area (Å²) < 4.78 is 0. The Morgan fingerprint density at radius 2 is 1.83 bits per heavy atom. The van der Waals surface area contributed by atoms with Crippen molar-refractivity contribution in [1.29, 1.82) is 0 Å². The Hall–Kier alpha value is -0.120. The SMILES string of the molecule is CCN(C(C)CN(C)C)C1CCCCCC1CN. The second-order valence-corrected chi connectivity index (χ2v) is 6.14. The van der Waals surface area contributed by atoms with Gasteiger partial charge in [0.25, 0.3) is 0 Å². The third kappa shape index (κ3) is 4.52. The van der Waals surface area contributed by atoms with Gasteiger partial charge in [-0.1, -0.05) is 26.2 Å². The van der Waals surface area contributed by atoms with Crippen molar-refractivity contribution < 1.29 is 0 Å². The molecule has 3 heteroatoms. The maximum Gasteiger partial charge on any atom is 0.0197 e. The molecule has 0 amide bonds. The lowest BCUT2D eigenvalue weighted by Crippen LogP contribution is -2.50. The summed E-state index contributed by atoms with van der Waals surface area (Å²) in [6.45, 7) is 7.81. The number of likely N-dealkylation sites (N-methyl/N-ethyl adjacent to an activating group) is 2. The highest BCUT2D eigenvalue weighted by atomic mass is 15.2. The van der Waals surface area contributed by atoms with Gasteiger partial charge in [0.05, 0.1) is 0 Å². The van der Waals surface area contributed by atoms with Gasteiger partial charge >= 0.3 is 0 Å². The Bertz CT molecular complexity index is 218. The largest absolute Gasteiger partial charge is 0.330 e. The minimum absolute atomic E-state index is 0.627. The molecular formula is C15H33N3. The molecule has 0 heterocycles. The van der Waals surface area contributed by atoms with E-state index in [4.69, 9.17) is 5.73 Å². The van der Waals surface area contributed by atoms with Crippen molar-refractivity contribution in [3.05, 3.63) is 0 Å². The summed E-state index contributed by atoms with van der Waals surface area (Å²) in [7, 11) is 4.33. The van der Waals surface area contributed by atoms with Crippen LogP contribution in [0, 0.1) is 5.92 Å².